The van der Waals surface area contributed by atoms with Crippen LogP contribution in [0.15, 0.2) is 60.8 Å². The van der Waals surface area contributed by atoms with Crippen LogP contribution in [-0.2, 0) is 0 Å². The summed E-state index contributed by atoms with van der Waals surface area (Å²) in [5, 5.41) is 3.91. The average molecular weight is 335 g/mol. The zero-order chi connectivity index (χ0) is 17.6. The Morgan fingerprint density at radius 2 is 1.92 bits per heavy atom. The van der Waals surface area contributed by atoms with E-state index < -0.39 is 0 Å². The monoisotopic (exact) mass is 335 g/mol. The van der Waals surface area contributed by atoms with Gasteiger partial charge in [0.05, 0.1) is 5.52 Å². The van der Waals surface area contributed by atoms with Gasteiger partial charge in [-0.3, -0.25) is 9.78 Å². The molecule has 0 unspecified atom stereocenters. The van der Waals surface area contributed by atoms with Crippen molar-refractivity contribution in [1.29, 1.82) is 0 Å². The molecule has 3 rings (SSSR count). The fourth-order valence-corrected chi connectivity index (χ4v) is 2.39. The van der Waals surface area contributed by atoms with E-state index in [2.05, 4.69) is 15.2 Å². The normalized spacial score (nSPS) is 10.8. The lowest BCUT2D eigenvalue weighted by atomic mass is 10.1. The van der Waals surface area contributed by atoms with Gasteiger partial charge in [0.2, 0.25) is 0 Å². The van der Waals surface area contributed by atoms with Crippen molar-refractivity contribution < 1.29 is 9.53 Å². The van der Waals surface area contributed by atoms with Crippen LogP contribution in [0.2, 0.25) is 0 Å². The first-order chi connectivity index (χ1) is 12.1. The number of fused-ring (bicyclic) bond motifs is 1. The molecule has 1 aromatic heterocycles. The van der Waals surface area contributed by atoms with E-state index in [1.165, 1.54) is 0 Å². The zero-order valence-electron chi connectivity index (χ0n) is 14.4. The number of likely N-dealkylation sites (N-methyl/N-ethyl adjacent to an activating group) is 1. The molecule has 0 atom stereocenters. The Morgan fingerprint density at radius 1 is 1.12 bits per heavy atom. The topological polar surface area (TPSA) is 54.5 Å². The average Bonchev–Trinajstić information content (AvgIpc) is 2.62. The molecule has 2 aromatic carbocycles. The van der Waals surface area contributed by atoms with Crippen molar-refractivity contribution in [2.24, 2.45) is 0 Å². The summed E-state index contributed by atoms with van der Waals surface area (Å²) in [6.07, 6.45) is 1.72. The summed E-state index contributed by atoms with van der Waals surface area (Å²) in [7, 11) is 4.01. The molecular weight excluding hydrogens is 314 g/mol. The van der Waals surface area contributed by atoms with Crippen molar-refractivity contribution in [1.82, 2.24) is 9.88 Å². The van der Waals surface area contributed by atoms with Gasteiger partial charge >= 0.3 is 0 Å². The standard InChI is InChI=1S/C20H21N3O2/c1-23(2)12-13-25-18-9-7-17(8-10-18)22-20(24)16-6-5-15-4-3-11-21-19(15)14-16/h3-11,14H,12-13H2,1-2H3,(H,22,24). The Kier molecular flexibility index (Phi) is 5.26. The highest BCUT2D eigenvalue weighted by molar-refractivity contribution is 6.06. The predicted octanol–water partition coefficient (Wildman–Crippen LogP) is 3.43. The molecule has 0 aliphatic carbocycles. The Labute approximate surface area is 147 Å². The van der Waals surface area contributed by atoms with Gasteiger partial charge < -0.3 is 15.0 Å². The van der Waals surface area contributed by atoms with Crippen LogP contribution < -0.4 is 10.1 Å². The van der Waals surface area contributed by atoms with Crippen LogP contribution in [0.25, 0.3) is 10.9 Å². The van der Waals surface area contributed by atoms with E-state index in [9.17, 15) is 4.79 Å². The fourth-order valence-electron chi connectivity index (χ4n) is 2.39. The van der Waals surface area contributed by atoms with E-state index in [-0.39, 0.29) is 5.91 Å². The Morgan fingerprint density at radius 3 is 2.68 bits per heavy atom. The molecule has 0 saturated heterocycles. The predicted molar refractivity (Wildman–Crippen MR) is 100 cm³/mol. The lowest BCUT2D eigenvalue weighted by Crippen LogP contribution is -2.19. The summed E-state index contributed by atoms with van der Waals surface area (Å²) in [6.45, 7) is 1.48. The van der Waals surface area contributed by atoms with Crippen LogP contribution >= 0.6 is 0 Å². The Balaban J connectivity index is 1.63. The lowest BCUT2D eigenvalue weighted by Gasteiger charge is -2.11. The highest BCUT2D eigenvalue weighted by Gasteiger charge is 2.07. The molecular formula is C20H21N3O2. The number of nitrogens with zero attached hydrogens (tertiary/aromatic N) is 2. The molecule has 0 fully saturated rings. The van der Waals surface area contributed by atoms with E-state index >= 15 is 0 Å². The minimum absolute atomic E-state index is 0.158. The lowest BCUT2D eigenvalue weighted by molar-refractivity contribution is 0.102. The van der Waals surface area contributed by atoms with Crippen LogP contribution in [0.3, 0.4) is 0 Å². The molecule has 0 spiro atoms. The van der Waals surface area contributed by atoms with Crippen molar-refractivity contribution in [2.75, 3.05) is 32.6 Å². The highest BCUT2D eigenvalue weighted by Crippen LogP contribution is 2.18. The summed E-state index contributed by atoms with van der Waals surface area (Å²) in [5.41, 5.74) is 2.11. The Hall–Kier alpha value is -2.92. The maximum Gasteiger partial charge on any atom is 0.255 e. The SMILES string of the molecule is CN(C)CCOc1ccc(NC(=O)c2ccc3cccnc3c2)cc1. The molecule has 5 heteroatoms. The van der Waals surface area contributed by atoms with Crippen LogP contribution in [0.4, 0.5) is 5.69 Å². The molecule has 5 nitrogen and oxygen atoms in total. The molecule has 1 N–H and O–H groups in total. The number of anilines is 1. The largest absolute Gasteiger partial charge is 0.492 e. The van der Waals surface area contributed by atoms with E-state index in [1.807, 2.05) is 56.6 Å². The van der Waals surface area contributed by atoms with Gasteiger partial charge in [-0.15, -0.1) is 0 Å². The van der Waals surface area contributed by atoms with E-state index in [1.54, 1.807) is 18.3 Å². The van der Waals surface area contributed by atoms with Gasteiger partial charge in [-0.05, 0) is 56.6 Å². The smallest absolute Gasteiger partial charge is 0.255 e. The molecule has 1 amide bonds. The quantitative estimate of drug-likeness (QED) is 0.750. The van der Waals surface area contributed by atoms with Crippen LogP contribution in [0, 0.1) is 0 Å². The minimum atomic E-state index is -0.158. The van der Waals surface area contributed by atoms with Gasteiger partial charge in [0.15, 0.2) is 0 Å². The van der Waals surface area contributed by atoms with Gasteiger partial charge in [0.25, 0.3) is 5.91 Å². The Bertz CT molecular complexity index is 860. The molecule has 0 saturated carbocycles. The second kappa shape index (κ2) is 7.77. The summed E-state index contributed by atoms with van der Waals surface area (Å²) in [4.78, 5) is 18.8. The van der Waals surface area contributed by atoms with Crippen molar-refractivity contribution in [3.05, 3.63) is 66.4 Å². The molecule has 0 radical (unpaired) electrons. The number of benzene rings is 2. The first-order valence-corrected chi connectivity index (χ1v) is 8.15. The fraction of sp³-hybridized carbons (Fsp3) is 0.200. The maximum atomic E-state index is 12.4. The van der Waals surface area contributed by atoms with E-state index in [0.29, 0.717) is 12.2 Å². The number of nitrogens with one attached hydrogen (secondary N) is 1. The first kappa shape index (κ1) is 16.9. The highest BCUT2D eigenvalue weighted by atomic mass is 16.5. The minimum Gasteiger partial charge on any atom is -0.492 e. The summed E-state index contributed by atoms with van der Waals surface area (Å²) in [5.74, 6) is 0.628. The molecule has 0 aliphatic heterocycles. The molecule has 25 heavy (non-hydrogen) atoms. The van der Waals surface area contributed by atoms with Crippen molar-refractivity contribution >= 4 is 22.5 Å². The number of rotatable bonds is 6. The third-order valence-electron chi connectivity index (χ3n) is 3.79. The number of ether oxygens (including phenoxy) is 1. The van der Waals surface area contributed by atoms with Gasteiger partial charge in [0.1, 0.15) is 12.4 Å². The number of amides is 1. The number of hydrogen-bond donors (Lipinski definition) is 1. The second-order valence-corrected chi connectivity index (χ2v) is 6.04. The first-order valence-electron chi connectivity index (χ1n) is 8.15. The molecule has 1 heterocycles. The third-order valence-corrected chi connectivity index (χ3v) is 3.79. The van der Waals surface area contributed by atoms with Crippen molar-refractivity contribution in [3.63, 3.8) is 0 Å². The van der Waals surface area contributed by atoms with Crippen molar-refractivity contribution in [3.8, 4) is 5.75 Å². The number of carbonyl (C=O) groups is 1. The van der Waals surface area contributed by atoms with E-state index in [4.69, 9.17) is 4.74 Å². The van der Waals surface area contributed by atoms with Crippen LogP contribution in [0.5, 0.6) is 5.75 Å². The van der Waals surface area contributed by atoms with Gasteiger partial charge in [-0.1, -0.05) is 12.1 Å². The number of hydrogen-bond acceptors (Lipinski definition) is 4. The molecule has 0 bridgehead atoms. The molecule has 128 valence electrons. The van der Waals surface area contributed by atoms with Gasteiger partial charge in [0, 0.05) is 29.4 Å². The number of carbonyl (C=O) groups excluding carboxylic acids is 1. The maximum absolute atomic E-state index is 12.4. The molecule has 3 aromatic rings. The summed E-state index contributed by atoms with van der Waals surface area (Å²) < 4.78 is 5.65. The summed E-state index contributed by atoms with van der Waals surface area (Å²) >= 11 is 0. The number of pyridine rings is 1. The summed E-state index contributed by atoms with van der Waals surface area (Å²) in [6, 6.07) is 16.7. The van der Waals surface area contributed by atoms with Gasteiger partial charge in [-0.25, -0.2) is 0 Å². The zero-order valence-corrected chi connectivity index (χ0v) is 14.4. The van der Waals surface area contributed by atoms with Crippen LogP contribution in [-0.4, -0.2) is 43.0 Å². The van der Waals surface area contributed by atoms with Gasteiger partial charge in [-0.2, -0.15) is 0 Å². The third kappa shape index (κ3) is 4.55. The van der Waals surface area contributed by atoms with Crippen LogP contribution in [0.1, 0.15) is 10.4 Å². The van der Waals surface area contributed by atoms with E-state index in [0.717, 1.165) is 28.9 Å². The molecule has 0 aliphatic rings. The number of aromatic nitrogens is 1. The second-order valence-electron chi connectivity index (χ2n) is 6.04. The van der Waals surface area contributed by atoms with Crippen molar-refractivity contribution in [2.45, 2.75) is 0 Å².